The first-order chi connectivity index (χ1) is 11.2. The number of carbonyl (C=O) groups is 1. The highest BCUT2D eigenvalue weighted by Gasteiger charge is 2.17. The van der Waals surface area contributed by atoms with E-state index in [0.717, 1.165) is 42.1 Å². The van der Waals surface area contributed by atoms with Crippen LogP contribution in [0.5, 0.6) is 0 Å². The molecule has 7 heteroatoms. The third-order valence-corrected chi connectivity index (χ3v) is 5.62. The average Bonchev–Trinajstić information content (AvgIpc) is 3.26. The van der Waals surface area contributed by atoms with Gasteiger partial charge in [-0.1, -0.05) is 0 Å². The van der Waals surface area contributed by atoms with Crippen molar-refractivity contribution in [2.45, 2.75) is 19.8 Å². The maximum atomic E-state index is 12.3. The van der Waals surface area contributed by atoms with E-state index in [9.17, 15) is 4.79 Å². The molecule has 2 amide bonds. The van der Waals surface area contributed by atoms with Crippen molar-refractivity contribution in [1.82, 2.24) is 14.5 Å². The van der Waals surface area contributed by atoms with E-state index in [1.807, 2.05) is 40.1 Å². The molecule has 2 aromatic heterocycles. The molecule has 5 nitrogen and oxygen atoms in total. The van der Waals surface area contributed by atoms with E-state index >= 15 is 0 Å². The Kier molecular flexibility index (Phi) is 3.74. The Morgan fingerprint density at radius 3 is 2.96 bits per heavy atom. The van der Waals surface area contributed by atoms with Gasteiger partial charge in [-0.2, -0.15) is 4.99 Å². The molecule has 3 heterocycles. The third-order valence-electron chi connectivity index (χ3n) is 3.91. The maximum Gasteiger partial charge on any atom is 0.346 e. The van der Waals surface area contributed by atoms with Gasteiger partial charge in [0.2, 0.25) is 0 Å². The Labute approximate surface area is 141 Å². The van der Waals surface area contributed by atoms with Crippen LogP contribution in [-0.4, -0.2) is 33.6 Å². The molecular formula is C16H16N4OS2. The van der Waals surface area contributed by atoms with Gasteiger partial charge in [0, 0.05) is 24.7 Å². The summed E-state index contributed by atoms with van der Waals surface area (Å²) in [6.07, 6.45) is 4.10. The zero-order chi connectivity index (χ0) is 15.8. The van der Waals surface area contributed by atoms with Crippen LogP contribution >= 0.6 is 22.7 Å². The first-order valence-electron chi connectivity index (χ1n) is 7.58. The molecule has 1 saturated heterocycles. The quantitative estimate of drug-likeness (QED) is 0.677. The van der Waals surface area contributed by atoms with Crippen LogP contribution in [0.3, 0.4) is 0 Å². The number of aromatic nitrogens is 2. The summed E-state index contributed by atoms with van der Waals surface area (Å²) in [5.74, 6) is 0. The van der Waals surface area contributed by atoms with Crippen molar-refractivity contribution in [2.24, 2.45) is 4.99 Å². The van der Waals surface area contributed by atoms with E-state index in [2.05, 4.69) is 16.0 Å². The molecular weight excluding hydrogens is 328 g/mol. The minimum Gasteiger partial charge on any atom is -0.323 e. The van der Waals surface area contributed by atoms with Crippen molar-refractivity contribution in [2.75, 3.05) is 13.1 Å². The van der Waals surface area contributed by atoms with Crippen LogP contribution in [0.2, 0.25) is 0 Å². The third kappa shape index (κ3) is 2.82. The number of amides is 2. The number of rotatable bonds is 1. The smallest absolute Gasteiger partial charge is 0.323 e. The van der Waals surface area contributed by atoms with Crippen LogP contribution in [0, 0.1) is 6.92 Å². The van der Waals surface area contributed by atoms with Crippen LogP contribution < -0.4 is 4.80 Å². The lowest BCUT2D eigenvalue weighted by atomic mass is 10.3. The van der Waals surface area contributed by atoms with Gasteiger partial charge in [0.05, 0.1) is 20.9 Å². The van der Waals surface area contributed by atoms with Gasteiger partial charge < -0.3 is 4.90 Å². The summed E-state index contributed by atoms with van der Waals surface area (Å²) in [6.45, 7) is 3.65. The van der Waals surface area contributed by atoms with Gasteiger partial charge in [-0.05, 0) is 38.0 Å². The van der Waals surface area contributed by atoms with Gasteiger partial charge in [-0.15, -0.1) is 22.7 Å². The van der Waals surface area contributed by atoms with Crippen LogP contribution in [0.25, 0.3) is 15.9 Å². The molecule has 118 valence electrons. The number of carbonyl (C=O) groups excluding carboxylic acids is 1. The molecule has 0 N–H and O–H groups in total. The zero-order valence-electron chi connectivity index (χ0n) is 12.7. The lowest BCUT2D eigenvalue weighted by molar-refractivity contribution is 0.218. The standard InChI is InChI=1S/C16H16N4OS2/c1-11-17-13-10-12(4-5-14(13)23-11)20-8-9-22-16(20)18-15(21)19-6-2-3-7-19/h4-5,8-10H,2-3,6-7H2,1H3/b18-16-. The first-order valence-corrected chi connectivity index (χ1v) is 9.28. The first kappa shape index (κ1) is 14.6. The van der Waals surface area contributed by atoms with Gasteiger partial charge in [0.15, 0.2) is 4.80 Å². The molecule has 1 aromatic carbocycles. The van der Waals surface area contributed by atoms with Crippen LogP contribution in [0.4, 0.5) is 4.79 Å². The number of urea groups is 1. The molecule has 1 aliphatic heterocycles. The molecule has 0 aliphatic carbocycles. The van der Waals surface area contributed by atoms with Crippen molar-refractivity contribution in [3.8, 4) is 5.69 Å². The molecule has 0 bridgehead atoms. The second kappa shape index (κ2) is 5.90. The number of aryl methyl sites for hydroxylation is 1. The van der Waals surface area contributed by atoms with E-state index in [1.54, 1.807) is 11.3 Å². The number of likely N-dealkylation sites (tertiary alicyclic amines) is 1. The molecule has 4 rings (SSSR count). The topological polar surface area (TPSA) is 50.5 Å². The highest BCUT2D eigenvalue weighted by atomic mass is 32.1. The highest BCUT2D eigenvalue weighted by Crippen LogP contribution is 2.23. The molecule has 0 radical (unpaired) electrons. The summed E-state index contributed by atoms with van der Waals surface area (Å²) in [6, 6.07) is 6.03. The summed E-state index contributed by atoms with van der Waals surface area (Å²) in [5.41, 5.74) is 1.97. The summed E-state index contributed by atoms with van der Waals surface area (Å²) in [5, 5.41) is 3.01. The van der Waals surface area contributed by atoms with Crippen molar-refractivity contribution in [3.63, 3.8) is 0 Å². The van der Waals surface area contributed by atoms with E-state index in [4.69, 9.17) is 0 Å². The van der Waals surface area contributed by atoms with Gasteiger partial charge in [0.1, 0.15) is 0 Å². The molecule has 3 aromatic rings. The van der Waals surface area contributed by atoms with E-state index in [-0.39, 0.29) is 6.03 Å². The summed E-state index contributed by atoms with van der Waals surface area (Å²) in [4.78, 5) is 23.6. The second-order valence-electron chi connectivity index (χ2n) is 5.53. The summed E-state index contributed by atoms with van der Waals surface area (Å²) < 4.78 is 3.13. The number of hydrogen-bond donors (Lipinski definition) is 0. The Bertz CT molecular complexity index is 931. The van der Waals surface area contributed by atoms with Gasteiger partial charge >= 0.3 is 6.03 Å². The Morgan fingerprint density at radius 1 is 1.30 bits per heavy atom. The molecule has 1 aliphatic rings. The molecule has 23 heavy (non-hydrogen) atoms. The van der Waals surface area contributed by atoms with Gasteiger partial charge in [-0.25, -0.2) is 9.78 Å². The van der Waals surface area contributed by atoms with Crippen LogP contribution in [0.1, 0.15) is 17.8 Å². The number of benzene rings is 1. The minimum atomic E-state index is -0.135. The Hall–Kier alpha value is -1.99. The van der Waals surface area contributed by atoms with E-state index in [1.165, 1.54) is 16.0 Å². The predicted octanol–water partition coefficient (Wildman–Crippen LogP) is 3.57. The molecule has 0 atom stereocenters. The van der Waals surface area contributed by atoms with Crippen molar-refractivity contribution < 1.29 is 4.79 Å². The van der Waals surface area contributed by atoms with E-state index < -0.39 is 0 Å². The maximum absolute atomic E-state index is 12.3. The number of hydrogen-bond acceptors (Lipinski definition) is 4. The monoisotopic (exact) mass is 344 g/mol. The molecule has 0 saturated carbocycles. The minimum absolute atomic E-state index is 0.135. The van der Waals surface area contributed by atoms with E-state index in [0.29, 0.717) is 4.80 Å². The highest BCUT2D eigenvalue weighted by molar-refractivity contribution is 7.18. The summed E-state index contributed by atoms with van der Waals surface area (Å²) in [7, 11) is 0. The average molecular weight is 344 g/mol. The SMILES string of the molecule is Cc1nc2cc(-n3ccs/c3=N\C(=O)N3CCCC3)ccc2s1. The lowest BCUT2D eigenvalue weighted by Gasteiger charge is -2.10. The van der Waals surface area contributed by atoms with Crippen molar-refractivity contribution in [3.05, 3.63) is 39.6 Å². The van der Waals surface area contributed by atoms with Crippen molar-refractivity contribution >= 4 is 38.9 Å². The summed E-state index contributed by atoms with van der Waals surface area (Å²) >= 11 is 3.16. The van der Waals surface area contributed by atoms with Crippen LogP contribution in [-0.2, 0) is 0 Å². The van der Waals surface area contributed by atoms with Crippen molar-refractivity contribution in [1.29, 1.82) is 0 Å². The van der Waals surface area contributed by atoms with Gasteiger partial charge in [0.25, 0.3) is 0 Å². The molecule has 0 unspecified atom stereocenters. The Balaban J connectivity index is 1.74. The van der Waals surface area contributed by atoms with Crippen LogP contribution in [0.15, 0.2) is 34.8 Å². The fourth-order valence-corrected chi connectivity index (χ4v) is 4.31. The fourth-order valence-electron chi connectivity index (χ4n) is 2.79. The normalized spacial score (nSPS) is 15.7. The predicted molar refractivity (Wildman–Crippen MR) is 93.3 cm³/mol. The Morgan fingerprint density at radius 2 is 2.13 bits per heavy atom. The number of thiazole rings is 2. The zero-order valence-corrected chi connectivity index (χ0v) is 14.4. The second-order valence-corrected chi connectivity index (χ2v) is 7.64. The molecule has 1 fully saturated rings. The number of fused-ring (bicyclic) bond motifs is 1. The lowest BCUT2D eigenvalue weighted by Crippen LogP contribution is -2.27. The molecule has 0 spiro atoms. The number of nitrogens with zero attached hydrogens (tertiary/aromatic N) is 4. The largest absolute Gasteiger partial charge is 0.346 e. The van der Waals surface area contributed by atoms with Gasteiger partial charge in [-0.3, -0.25) is 4.57 Å². The fraction of sp³-hybridized carbons (Fsp3) is 0.312.